The second-order valence-corrected chi connectivity index (χ2v) is 8.66. The molecule has 172 valence electrons. The van der Waals surface area contributed by atoms with E-state index in [1.54, 1.807) is 20.4 Å². The molecular formula is C23H31N5O4. The largest absolute Gasteiger partial charge is 0.497 e. The van der Waals surface area contributed by atoms with Crippen molar-refractivity contribution in [2.75, 3.05) is 40.5 Å². The van der Waals surface area contributed by atoms with Crippen LogP contribution in [0.3, 0.4) is 0 Å². The number of piperidine rings is 1. The van der Waals surface area contributed by atoms with Crippen molar-refractivity contribution in [2.24, 2.45) is 5.41 Å². The first kappa shape index (κ1) is 22.3. The molecule has 1 saturated carbocycles. The normalized spacial score (nSPS) is 19.4. The van der Waals surface area contributed by atoms with Gasteiger partial charge >= 0.3 is 0 Å². The van der Waals surface area contributed by atoms with Crippen LogP contribution in [-0.2, 0) is 16.0 Å². The Balaban J connectivity index is 1.32. The van der Waals surface area contributed by atoms with Crippen LogP contribution in [0.5, 0.6) is 5.75 Å². The molecule has 2 fully saturated rings. The van der Waals surface area contributed by atoms with Crippen molar-refractivity contribution in [2.45, 2.75) is 38.1 Å². The summed E-state index contributed by atoms with van der Waals surface area (Å²) in [6.07, 6.45) is 6.15. The minimum absolute atomic E-state index is 0.129. The van der Waals surface area contributed by atoms with E-state index in [2.05, 4.69) is 15.6 Å². The molecule has 0 radical (unpaired) electrons. The molecule has 0 bridgehead atoms. The van der Waals surface area contributed by atoms with Crippen LogP contribution in [-0.4, -0.2) is 72.2 Å². The van der Waals surface area contributed by atoms with E-state index in [4.69, 9.17) is 9.47 Å². The quantitative estimate of drug-likeness (QED) is 0.628. The second kappa shape index (κ2) is 9.68. The average molecular weight is 442 g/mol. The van der Waals surface area contributed by atoms with E-state index in [1.165, 1.54) is 0 Å². The number of rotatable bonds is 8. The fourth-order valence-electron chi connectivity index (χ4n) is 4.84. The number of methoxy groups -OCH3 is 2. The first-order valence-corrected chi connectivity index (χ1v) is 11.1. The third-order valence-corrected chi connectivity index (χ3v) is 6.88. The van der Waals surface area contributed by atoms with Crippen LogP contribution in [0.2, 0.25) is 0 Å². The van der Waals surface area contributed by atoms with Gasteiger partial charge in [0.05, 0.1) is 32.4 Å². The number of carbonyl (C=O) groups excluding carboxylic acids is 2. The van der Waals surface area contributed by atoms with E-state index in [9.17, 15) is 9.59 Å². The van der Waals surface area contributed by atoms with Crippen LogP contribution >= 0.6 is 0 Å². The summed E-state index contributed by atoms with van der Waals surface area (Å²) >= 11 is 0. The van der Waals surface area contributed by atoms with Gasteiger partial charge in [-0.15, -0.1) is 5.10 Å². The zero-order valence-corrected chi connectivity index (χ0v) is 18.7. The van der Waals surface area contributed by atoms with Crippen molar-refractivity contribution in [1.29, 1.82) is 0 Å². The Kier molecular flexibility index (Phi) is 6.74. The number of hydrogen-bond acceptors (Lipinski definition) is 6. The Hall–Kier alpha value is -2.94. The van der Waals surface area contributed by atoms with Crippen molar-refractivity contribution in [3.63, 3.8) is 0 Å². The van der Waals surface area contributed by atoms with E-state index < -0.39 is 0 Å². The summed E-state index contributed by atoms with van der Waals surface area (Å²) in [5, 5.41) is 11.1. The van der Waals surface area contributed by atoms with E-state index >= 15 is 0 Å². The predicted molar refractivity (Wildman–Crippen MR) is 117 cm³/mol. The van der Waals surface area contributed by atoms with Crippen LogP contribution in [0.15, 0.2) is 30.5 Å². The monoisotopic (exact) mass is 441 g/mol. The van der Waals surface area contributed by atoms with Gasteiger partial charge in [0.15, 0.2) is 5.69 Å². The molecule has 2 aliphatic rings. The molecule has 2 amide bonds. The van der Waals surface area contributed by atoms with Crippen molar-refractivity contribution in [3.8, 4) is 5.75 Å². The first-order chi connectivity index (χ1) is 15.5. The van der Waals surface area contributed by atoms with Crippen molar-refractivity contribution in [3.05, 3.63) is 41.7 Å². The minimum Gasteiger partial charge on any atom is -0.497 e. The highest BCUT2D eigenvalue weighted by molar-refractivity contribution is 5.91. The lowest BCUT2D eigenvalue weighted by molar-refractivity contribution is -0.135. The van der Waals surface area contributed by atoms with Crippen molar-refractivity contribution >= 4 is 11.8 Å². The zero-order valence-electron chi connectivity index (χ0n) is 18.7. The number of hydrogen-bond donors (Lipinski definition) is 1. The van der Waals surface area contributed by atoms with Gasteiger partial charge in [0.1, 0.15) is 5.75 Å². The highest BCUT2D eigenvalue weighted by atomic mass is 16.5. The molecule has 1 aromatic heterocycles. The molecular weight excluding hydrogens is 410 g/mol. The molecule has 1 aromatic carbocycles. The lowest BCUT2D eigenvalue weighted by atomic mass is 9.59. The van der Waals surface area contributed by atoms with Gasteiger partial charge in [-0.05, 0) is 48.8 Å². The van der Waals surface area contributed by atoms with Crippen LogP contribution in [0.1, 0.15) is 47.8 Å². The molecule has 4 rings (SSSR count). The maximum Gasteiger partial charge on any atom is 0.273 e. The molecule has 1 spiro atoms. The number of aromatic nitrogens is 3. The SMILES string of the molecule is COCCNC(=O)c1cn(C2CCC23CCN(C(=O)Cc2cccc(OC)c2)CC3)nn1. The Labute approximate surface area is 188 Å². The maximum atomic E-state index is 12.8. The van der Waals surface area contributed by atoms with E-state index in [0.29, 0.717) is 25.3 Å². The minimum atomic E-state index is -0.236. The molecule has 1 aliphatic heterocycles. The molecule has 2 aromatic rings. The molecule has 1 aliphatic carbocycles. The number of nitrogens with zero attached hydrogens (tertiary/aromatic N) is 4. The average Bonchev–Trinajstić information content (AvgIpc) is 3.28. The summed E-state index contributed by atoms with van der Waals surface area (Å²) in [4.78, 5) is 27.0. The van der Waals surface area contributed by atoms with Gasteiger partial charge in [0.25, 0.3) is 5.91 Å². The molecule has 1 N–H and O–H groups in total. The summed E-state index contributed by atoms with van der Waals surface area (Å²) in [6.45, 7) is 2.39. The number of carbonyl (C=O) groups is 2. The van der Waals surface area contributed by atoms with Crippen LogP contribution in [0.25, 0.3) is 0 Å². The summed E-state index contributed by atoms with van der Waals surface area (Å²) in [7, 11) is 3.22. The summed E-state index contributed by atoms with van der Waals surface area (Å²) in [5.74, 6) is 0.684. The number of benzene rings is 1. The van der Waals surface area contributed by atoms with Crippen molar-refractivity contribution in [1.82, 2.24) is 25.2 Å². The van der Waals surface area contributed by atoms with Crippen LogP contribution < -0.4 is 10.1 Å². The Morgan fingerprint density at radius 1 is 1.22 bits per heavy atom. The number of likely N-dealkylation sites (tertiary alicyclic amines) is 1. The molecule has 9 nitrogen and oxygen atoms in total. The van der Waals surface area contributed by atoms with Crippen molar-refractivity contribution < 1.29 is 19.1 Å². The highest BCUT2D eigenvalue weighted by Gasteiger charge is 2.50. The number of nitrogens with one attached hydrogen (secondary N) is 1. The standard InChI is InChI=1S/C23H31N5O4/c1-31-13-10-24-22(30)19-16-28(26-25-19)20-6-7-23(20)8-11-27(12-9-23)21(29)15-17-4-3-5-18(14-17)32-2/h3-5,14,16,20H,6-13,15H2,1-2H3,(H,24,30). The van der Waals surface area contributed by atoms with Crippen LogP contribution in [0, 0.1) is 5.41 Å². The smallest absolute Gasteiger partial charge is 0.273 e. The first-order valence-electron chi connectivity index (χ1n) is 11.1. The number of ether oxygens (including phenoxy) is 2. The summed E-state index contributed by atoms with van der Waals surface area (Å²) in [6, 6.07) is 7.90. The number of amides is 2. The Morgan fingerprint density at radius 2 is 2.03 bits per heavy atom. The Morgan fingerprint density at radius 3 is 2.72 bits per heavy atom. The summed E-state index contributed by atoms with van der Waals surface area (Å²) < 4.78 is 12.1. The van der Waals surface area contributed by atoms with E-state index in [-0.39, 0.29) is 23.3 Å². The third kappa shape index (κ3) is 4.62. The van der Waals surface area contributed by atoms with E-state index in [1.807, 2.05) is 33.8 Å². The van der Waals surface area contributed by atoms with Gasteiger partial charge in [0.2, 0.25) is 5.91 Å². The molecule has 32 heavy (non-hydrogen) atoms. The molecule has 1 saturated heterocycles. The van der Waals surface area contributed by atoms with E-state index in [0.717, 1.165) is 50.1 Å². The maximum absolute atomic E-state index is 12.8. The molecule has 1 atom stereocenters. The van der Waals surface area contributed by atoms with Gasteiger partial charge in [-0.3, -0.25) is 9.59 Å². The zero-order chi connectivity index (χ0) is 22.6. The predicted octanol–water partition coefficient (Wildman–Crippen LogP) is 1.85. The second-order valence-electron chi connectivity index (χ2n) is 8.66. The topological polar surface area (TPSA) is 98.6 Å². The van der Waals surface area contributed by atoms with Crippen LogP contribution in [0.4, 0.5) is 0 Å². The van der Waals surface area contributed by atoms with Gasteiger partial charge in [-0.1, -0.05) is 17.3 Å². The highest BCUT2D eigenvalue weighted by Crippen LogP contribution is 2.56. The Bertz CT molecular complexity index is 951. The molecule has 1 unspecified atom stereocenters. The summed E-state index contributed by atoms with van der Waals surface area (Å²) in [5.41, 5.74) is 1.42. The van der Waals surface area contributed by atoms with Gasteiger partial charge in [-0.25, -0.2) is 4.68 Å². The fourth-order valence-corrected chi connectivity index (χ4v) is 4.84. The molecule has 2 heterocycles. The molecule has 9 heteroatoms. The third-order valence-electron chi connectivity index (χ3n) is 6.88. The lowest BCUT2D eigenvalue weighted by Crippen LogP contribution is -2.51. The van der Waals surface area contributed by atoms with Gasteiger partial charge < -0.3 is 19.7 Å². The van der Waals surface area contributed by atoms with Gasteiger partial charge in [-0.2, -0.15) is 0 Å². The fraction of sp³-hybridized carbons (Fsp3) is 0.565. The lowest BCUT2D eigenvalue weighted by Gasteiger charge is -2.53. The van der Waals surface area contributed by atoms with Gasteiger partial charge in [0, 0.05) is 26.7 Å².